The normalized spacial score (nSPS) is 9.92. The van der Waals surface area contributed by atoms with Gasteiger partial charge in [-0.2, -0.15) is 5.26 Å². The topological polar surface area (TPSA) is 39.6 Å². The molecule has 0 unspecified atom stereocenters. The molecule has 0 bridgehead atoms. The Morgan fingerprint density at radius 2 is 2.25 bits per heavy atom. The third kappa shape index (κ3) is 0.893. The zero-order valence-electron chi connectivity index (χ0n) is 6.33. The van der Waals surface area contributed by atoms with Gasteiger partial charge in [-0.1, -0.05) is 11.5 Å². The van der Waals surface area contributed by atoms with Crippen LogP contribution in [-0.2, 0) is 0 Å². The number of aromatic nitrogens is 1. The fourth-order valence-electron chi connectivity index (χ4n) is 1.26. The summed E-state index contributed by atoms with van der Waals surface area (Å²) in [4.78, 5) is 3.00. The van der Waals surface area contributed by atoms with Crippen molar-refractivity contribution in [3.8, 4) is 6.07 Å². The van der Waals surface area contributed by atoms with Gasteiger partial charge in [0.1, 0.15) is 7.85 Å². The first-order valence-electron chi connectivity index (χ1n) is 3.58. The lowest BCUT2D eigenvalue weighted by molar-refractivity contribution is 1.46. The van der Waals surface area contributed by atoms with Crippen LogP contribution in [0.2, 0.25) is 0 Å². The molecule has 0 aliphatic heterocycles. The van der Waals surface area contributed by atoms with Crippen LogP contribution in [0.1, 0.15) is 5.56 Å². The maximum Gasteiger partial charge on any atom is 0.114 e. The monoisotopic (exact) mass is 152 g/mol. The highest BCUT2D eigenvalue weighted by Crippen LogP contribution is 2.10. The van der Waals surface area contributed by atoms with Crippen molar-refractivity contribution < 1.29 is 0 Å². The minimum Gasteiger partial charge on any atom is -0.361 e. The highest BCUT2D eigenvalue weighted by atomic mass is 14.7. The average Bonchev–Trinajstić information content (AvgIpc) is 2.52. The standard InChI is InChI=1S/C9H5BN2/c10-8-3-6(5-11)4-9-7(8)1-2-12-9/h1-4,12H. The summed E-state index contributed by atoms with van der Waals surface area (Å²) in [5, 5.41) is 9.61. The maximum atomic E-state index is 8.64. The van der Waals surface area contributed by atoms with Gasteiger partial charge in [0.25, 0.3) is 0 Å². The van der Waals surface area contributed by atoms with Gasteiger partial charge >= 0.3 is 0 Å². The summed E-state index contributed by atoms with van der Waals surface area (Å²) >= 11 is 0. The first-order valence-corrected chi connectivity index (χ1v) is 3.58. The van der Waals surface area contributed by atoms with Crippen molar-refractivity contribution in [3.63, 3.8) is 0 Å². The van der Waals surface area contributed by atoms with Gasteiger partial charge in [-0.05, 0) is 17.5 Å². The third-order valence-electron chi connectivity index (χ3n) is 1.83. The first-order chi connectivity index (χ1) is 5.81. The summed E-state index contributed by atoms with van der Waals surface area (Å²) in [5.41, 5.74) is 2.14. The number of aromatic amines is 1. The molecule has 1 aromatic heterocycles. The molecule has 1 aromatic carbocycles. The number of nitrogens with one attached hydrogen (secondary N) is 1. The van der Waals surface area contributed by atoms with Crippen molar-refractivity contribution in [2.24, 2.45) is 0 Å². The molecule has 0 saturated carbocycles. The van der Waals surface area contributed by atoms with Gasteiger partial charge in [-0.15, -0.1) is 0 Å². The van der Waals surface area contributed by atoms with Crippen molar-refractivity contribution in [1.82, 2.24) is 4.98 Å². The van der Waals surface area contributed by atoms with Crippen molar-refractivity contribution >= 4 is 24.2 Å². The van der Waals surface area contributed by atoms with Crippen LogP contribution >= 0.6 is 0 Å². The maximum absolute atomic E-state index is 8.64. The second-order valence-corrected chi connectivity index (χ2v) is 2.62. The van der Waals surface area contributed by atoms with E-state index in [1.54, 1.807) is 12.1 Å². The molecule has 12 heavy (non-hydrogen) atoms. The number of nitrogens with zero attached hydrogens (tertiary/aromatic N) is 1. The van der Waals surface area contributed by atoms with Gasteiger partial charge in [0.15, 0.2) is 0 Å². The average molecular weight is 152 g/mol. The fourth-order valence-corrected chi connectivity index (χ4v) is 1.26. The molecule has 3 heteroatoms. The Hall–Kier alpha value is -1.69. The third-order valence-corrected chi connectivity index (χ3v) is 1.83. The van der Waals surface area contributed by atoms with Crippen LogP contribution in [0.3, 0.4) is 0 Å². The van der Waals surface area contributed by atoms with E-state index in [4.69, 9.17) is 13.1 Å². The number of hydrogen-bond acceptors (Lipinski definition) is 1. The van der Waals surface area contributed by atoms with Crippen molar-refractivity contribution in [1.29, 1.82) is 5.26 Å². The molecule has 0 spiro atoms. The summed E-state index contributed by atoms with van der Waals surface area (Å²) < 4.78 is 0. The summed E-state index contributed by atoms with van der Waals surface area (Å²) in [7, 11) is 5.71. The summed E-state index contributed by atoms with van der Waals surface area (Å²) in [6.45, 7) is 0. The van der Waals surface area contributed by atoms with Gasteiger partial charge < -0.3 is 4.98 Å². The number of nitriles is 1. The molecule has 0 saturated heterocycles. The van der Waals surface area contributed by atoms with E-state index >= 15 is 0 Å². The van der Waals surface area contributed by atoms with E-state index in [9.17, 15) is 0 Å². The van der Waals surface area contributed by atoms with E-state index in [0.717, 1.165) is 10.9 Å². The van der Waals surface area contributed by atoms with Crippen molar-refractivity contribution in [3.05, 3.63) is 30.0 Å². The van der Waals surface area contributed by atoms with Crippen molar-refractivity contribution in [2.45, 2.75) is 0 Å². The van der Waals surface area contributed by atoms with Crippen LogP contribution in [0.5, 0.6) is 0 Å². The van der Waals surface area contributed by atoms with Crippen LogP contribution < -0.4 is 5.46 Å². The predicted molar refractivity (Wildman–Crippen MR) is 48.4 cm³/mol. The molecule has 0 fully saturated rings. The molecule has 2 nitrogen and oxygen atoms in total. The van der Waals surface area contributed by atoms with Crippen LogP contribution in [0, 0.1) is 11.3 Å². The van der Waals surface area contributed by atoms with Gasteiger partial charge in [0.2, 0.25) is 0 Å². The highest BCUT2D eigenvalue weighted by Gasteiger charge is 1.99. The van der Waals surface area contributed by atoms with E-state index in [0.29, 0.717) is 11.0 Å². The molecular weight excluding hydrogens is 147 g/mol. The summed E-state index contributed by atoms with van der Waals surface area (Å²) in [6, 6.07) is 7.40. The summed E-state index contributed by atoms with van der Waals surface area (Å²) in [5.74, 6) is 0. The van der Waals surface area contributed by atoms with Crippen LogP contribution in [0.4, 0.5) is 0 Å². The molecule has 0 aliphatic rings. The lowest BCUT2D eigenvalue weighted by Crippen LogP contribution is -2.03. The Kier molecular flexibility index (Phi) is 1.41. The molecule has 1 N–H and O–H groups in total. The van der Waals surface area contributed by atoms with E-state index < -0.39 is 0 Å². The smallest absolute Gasteiger partial charge is 0.114 e. The quantitative estimate of drug-likeness (QED) is 0.558. The number of H-pyrrole nitrogens is 1. The van der Waals surface area contributed by atoms with Gasteiger partial charge in [0, 0.05) is 11.7 Å². The number of fused-ring (bicyclic) bond motifs is 1. The fraction of sp³-hybridized carbons (Fsp3) is 0. The number of hydrogen-bond donors (Lipinski definition) is 1. The second-order valence-electron chi connectivity index (χ2n) is 2.62. The largest absolute Gasteiger partial charge is 0.361 e. The molecule has 2 aromatic rings. The lowest BCUT2D eigenvalue weighted by atomic mass is 9.91. The first kappa shape index (κ1) is 6.99. The van der Waals surface area contributed by atoms with Crippen molar-refractivity contribution in [2.75, 3.05) is 0 Å². The lowest BCUT2D eigenvalue weighted by Gasteiger charge is -1.96. The SMILES string of the molecule is [B]c1cc(C#N)cc2[nH]ccc12. The highest BCUT2D eigenvalue weighted by molar-refractivity contribution is 6.38. The van der Waals surface area contributed by atoms with Crippen LogP contribution in [-0.4, -0.2) is 12.8 Å². The predicted octanol–water partition coefficient (Wildman–Crippen LogP) is 0.833. The van der Waals surface area contributed by atoms with Crippen LogP contribution in [0.25, 0.3) is 10.9 Å². The molecule has 2 radical (unpaired) electrons. The molecule has 0 amide bonds. The van der Waals surface area contributed by atoms with E-state index in [1.807, 2.05) is 18.3 Å². The van der Waals surface area contributed by atoms with E-state index in [-0.39, 0.29) is 0 Å². The Morgan fingerprint density at radius 1 is 1.42 bits per heavy atom. The number of rotatable bonds is 0. The Morgan fingerprint density at radius 3 is 3.00 bits per heavy atom. The molecule has 0 atom stereocenters. The van der Waals surface area contributed by atoms with Gasteiger partial charge in [-0.3, -0.25) is 0 Å². The van der Waals surface area contributed by atoms with Gasteiger partial charge in [0.05, 0.1) is 11.6 Å². The molecular formula is C9H5BN2. The van der Waals surface area contributed by atoms with Crippen LogP contribution in [0.15, 0.2) is 24.4 Å². The molecule has 2 rings (SSSR count). The van der Waals surface area contributed by atoms with E-state index in [1.165, 1.54) is 0 Å². The Balaban J connectivity index is 2.86. The zero-order valence-corrected chi connectivity index (χ0v) is 6.33. The zero-order chi connectivity index (χ0) is 8.55. The summed E-state index contributed by atoms with van der Waals surface area (Å²) in [6.07, 6.45) is 1.81. The molecule has 1 heterocycles. The number of benzene rings is 1. The minimum atomic E-state index is 0.586. The molecule has 54 valence electrons. The second kappa shape index (κ2) is 2.42. The minimum absolute atomic E-state index is 0.586. The van der Waals surface area contributed by atoms with Gasteiger partial charge in [-0.25, -0.2) is 0 Å². The van der Waals surface area contributed by atoms with E-state index in [2.05, 4.69) is 4.98 Å². The Labute approximate surface area is 71.2 Å². The molecule has 0 aliphatic carbocycles. The Bertz CT molecular complexity index is 465.